The van der Waals surface area contributed by atoms with E-state index in [9.17, 15) is 28.8 Å². The first-order valence-corrected chi connectivity index (χ1v) is 13.7. The van der Waals surface area contributed by atoms with Crippen molar-refractivity contribution in [2.75, 3.05) is 19.6 Å². The SMILES string of the molecule is C[C@@H](C1CC1)N(Cc1ccccc1)C(=O)CN1C(=O)OC2(CCc3cc(C(=O)N(CC(=O)O)CC(=O)O)ccc32)C1=O. The lowest BCUT2D eigenvalue weighted by molar-refractivity contribution is -0.143. The van der Waals surface area contributed by atoms with Gasteiger partial charge in [0.1, 0.15) is 19.6 Å². The topological polar surface area (TPSA) is 162 Å². The van der Waals surface area contributed by atoms with E-state index in [0.29, 0.717) is 28.5 Å². The molecule has 3 aliphatic rings. The number of hydrogen-bond donors (Lipinski definition) is 2. The Morgan fingerprint density at radius 3 is 2.31 bits per heavy atom. The first-order chi connectivity index (χ1) is 20.0. The van der Waals surface area contributed by atoms with Crippen LogP contribution in [0.3, 0.4) is 0 Å². The average Bonchev–Trinajstić information content (AvgIpc) is 3.70. The number of fused-ring (bicyclic) bond motifs is 2. The van der Waals surface area contributed by atoms with E-state index in [1.807, 2.05) is 37.3 Å². The molecule has 1 saturated carbocycles. The van der Waals surface area contributed by atoms with Crippen molar-refractivity contribution >= 4 is 35.8 Å². The molecule has 4 amide bonds. The first kappa shape index (κ1) is 28.8. The Hall–Kier alpha value is -4.74. The molecule has 12 nitrogen and oxygen atoms in total. The van der Waals surface area contributed by atoms with Gasteiger partial charge in [0.25, 0.3) is 11.8 Å². The van der Waals surface area contributed by atoms with Gasteiger partial charge in [0.05, 0.1) is 0 Å². The summed E-state index contributed by atoms with van der Waals surface area (Å²) < 4.78 is 5.65. The molecule has 0 radical (unpaired) electrons. The van der Waals surface area contributed by atoms with E-state index in [2.05, 4.69) is 0 Å². The third-order valence-electron chi connectivity index (χ3n) is 8.15. The van der Waals surface area contributed by atoms with Crippen LogP contribution in [0, 0.1) is 5.92 Å². The van der Waals surface area contributed by atoms with Gasteiger partial charge in [0, 0.05) is 30.1 Å². The Kier molecular flexibility index (Phi) is 7.72. The highest BCUT2D eigenvalue weighted by atomic mass is 16.6. The molecule has 0 bridgehead atoms. The minimum Gasteiger partial charge on any atom is -0.480 e. The second-order valence-electron chi connectivity index (χ2n) is 11.0. The lowest BCUT2D eigenvalue weighted by Crippen LogP contribution is -2.47. The predicted octanol–water partition coefficient (Wildman–Crippen LogP) is 2.25. The number of imide groups is 1. The number of nitrogens with zero attached hydrogens (tertiary/aromatic N) is 3. The molecule has 2 N–H and O–H groups in total. The molecular formula is C30H31N3O9. The molecule has 1 heterocycles. The molecule has 1 unspecified atom stereocenters. The Bertz CT molecular complexity index is 1440. The van der Waals surface area contributed by atoms with Gasteiger partial charge < -0.3 is 24.7 Å². The summed E-state index contributed by atoms with van der Waals surface area (Å²) in [6.07, 6.45) is 1.48. The van der Waals surface area contributed by atoms with Crippen LogP contribution in [0.1, 0.15) is 53.2 Å². The molecular weight excluding hydrogens is 546 g/mol. The van der Waals surface area contributed by atoms with Crippen LogP contribution in [0.4, 0.5) is 4.79 Å². The van der Waals surface area contributed by atoms with Gasteiger partial charge in [-0.2, -0.15) is 0 Å². The molecule has 2 aromatic carbocycles. The molecule has 1 saturated heterocycles. The molecule has 2 atom stereocenters. The maximum atomic E-state index is 13.7. The Balaban J connectivity index is 1.35. The van der Waals surface area contributed by atoms with Crippen molar-refractivity contribution in [3.05, 3.63) is 70.8 Å². The standard InChI is InChI=1S/C30H31N3O9/c1-18(20-7-8-20)32(14-19-5-3-2-4-6-19)24(34)15-33-28(40)30(42-29(33)41)12-11-21-13-22(9-10-23(21)30)27(39)31(16-25(35)36)17-26(37)38/h2-6,9-10,13,18,20H,7-8,11-12,14-17H2,1H3,(H,35,36)(H,37,38)/t18-,30?/m0/s1. The highest BCUT2D eigenvalue weighted by molar-refractivity contribution is 6.06. The number of aryl methyl sites for hydroxylation is 1. The summed E-state index contributed by atoms with van der Waals surface area (Å²) in [6, 6.07) is 13.7. The summed E-state index contributed by atoms with van der Waals surface area (Å²) in [5.74, 6) is -4.18. The fraction of sp³-hybridized carbons (Fsp3) is 0.400. The van der Waals surface area contributed by atoms with Crippen LogP contribution in [0.5, 0.6) is 0 Å². The van der Waals surface area contributed by atoms with Crippen LogP contribution in [0.2, 0.25) is 0 Å². The monoisotopic (exact) mass is 577 g/mol. The predicted molar refractivity (Wildman–Crippen MR) is 145 cm³/mol. The van der Waals surface area contributed by atoms with Crippen LogP contribution in [-0.4, -0.2) is 86.3 Å². The van der Waals surface area contributed by atoms with E-state index in [0.717, 1.165) is 23.3 Å². The van der Waals surface area contributed by atoms with Crippen LogP contribution < -0.4 is 0 Å². The van der Waals surface area contributed by atoms with Gasteiger partial charge in [-0.25, -0.2) is 9.69 Å². The second-order valence-corrected chi connectivity index (χ2v) is 11.0. The summed E-state index contributed by atoms with van der Waals surface area (Å²) in [7, 11) is 0. The maximum absolute atomic E-state index is 13.7. The molecule has 2 aromatic rings. The largest absolute Gasteiger partial charge is 0.480 e. The zero-order valence-corrected chi connectivity index (χ0v) is 23.0. The number of amides is 4. The normalized spacial score (nSPS) is 19.8. The molecule has 0 aromatic heterocycles. The van der Waals surface area contributed by atoms with E-state index < -0.39 is 55.1 Å². The van der Waals surface area contributed by atoms with E-state index in [-0.39, 0.29) is 30.4 Å². The van der Waals surface area contributed by atoms with E-state index in [1.54, 1.807) is 4.90 Å². The van der Waals surface area contributed by atoms with Crippen molar-refractivity contribution in [1.29, 1.82) is 0 Å². The summed E-state index contributed by atoms with van der Waals surface area (Å²) in [4.78, 5) is 78.7. The van der Waals surface area contributed by atoms with Gasteiger partial charge in [0.2, 0.25) is 11.5 Å². The average molecular weight is 578 g/mol. The molecule has 12 heteroatoms. The lowest BCUT2D eigenvalue weighted by Gasteiger charge is -2.30. The van der Waals surface area contributed by atoms with Crippen LogP contribution in [-0.2, 0) is 42.5 Å². The van der Waals surface area contributed by atoms with Gasteiger partial charge in [-0.05, 0) is 55.4 Å². The van der Waals surface area contributed by atoms with Gasteiger partial charge in [-0.15, -0.1) is 0 Å². The molecule has 1 spiro atoms. The third-order valence-corrected chi connectivity index (χ3v) is 8.15. The molecule has 2 aliphatic carbocycles. The van der Waals surface area contributed by atoms with Crippen molar-refractivity contribution in [3.8, 4) is 0 Å². The number of rotatable bonds is 11. The molecule has 42 heavy (non-hydrogen) atoms. The van der Waals surface area contributed by atoms with E-state index in [4.69, 9.17) is 14.9 Å². The minimum atomic E-state index is -1.64. The van der Waals surface area contributed by atoms with Gasteiger partial charge >= 0.3 is 18.0 Å². The maximum Gasteiger partial charge on any atom is 0.418 e. The highest BCUT2D eigenvalue weighted by Crippen LogP contribution is 2.46. The Morgan fingerprint density at radius 1 is 1.02 bits per heavy atom. The van der Waals surface area contributed by atoms with Crippen molar-refractivity contribution in [2.45, 2.75) is 50.8 Å². The second kappa shape index (κ2) is 11.3. The number of ether oxygens (including phenoxy) is 1. The summed E-state index contributed by atoms with van der Waals surface area (Å²) >= 11 is 0. The lowest BCUT2D eigenvalue weighted by atomic mass is 9.94. The zero-order valence-electron chi connectivity index (χ0n) is 23.0. The zero-order chi connectivity index (χ0) is 30.2. The fourth-order valence-electron chi connectivity index (χ4n) is 5.79. The summed E-state index contributed by atoms with van der Waals surface area (Å²) in [6.45, 7) is 0.261. The fourth-order valence-corrected chi connectivity index (χ4v) is 5.79. The van der Waals surface area contributed by atoms with Gasteiger partial charge in [0.15, 0.2) is 0 Å². The van der Waals surface area contributed by atoms with Crippen LogP contribution in [0.15, 0.2) is 48.5 Å². The molecule has 5 rings (SSSR count). The number of hydrogen-bond acceptors (Lipinski definition) is 7. The van der Waals surface area contributed by atoms with Crippen molar-refractivity contribution in [2.24, 2.45) is 5.92 Å². The van der Waals surface area contributed by atoms with Gasteiger partial charge in [-0.1, -0.05) is 36.4 Å². The number of benzene rings is 2. The Morgan fingerprint density at radius 2 is 1.69 bits per heavy atom. The van der Waals surface area contributed by atoms with Crippen molar-refractivity contribution in [1.82, 2.24) is 14.7 Å². The molecule has 220 valence electrons. The van der Waals surface area contributed by atoms with Crippen LogP contribution >= 0.6 is 0 Å². The Labute approximate surface area is 241 Å². The first-order valence-electron chi connectivity index (χ1n) is 13.7. The smallest absolute Gasteiger partial charge is 0.418 e. The third kappa shape index (κ3) is 5.56. The van der Waals surface area contributed by atoms with Gasteiger partial charge in [-0.3, -0.25) is 24.0 Å². The number of carboxylic acids is 2. The highest BCUT2D eigenvalue weighted by Gasteiger charge is 2.58. The van der Waals surface area contributed by atoms with E-state index in [1.165, 1.54) is 18.2 Å². The summed E-state index contributed by atoms with van der Waals surface area (Å²) in [5, 5.41) is 18.2. The number of carbonyl (C=O) groups excluding carboxylic acids is 4. The summed E-state index contributed by atoms with van der Waals surface area (Å²) in [5.41, 5.74) is 0.257. The molecule has 1 aliphatic heterocycles. The minimum absolute atomic E-state index is 0.0442. The van der Waals surface area contributed by atoms with Crippen LogP contribution in [0.25, 0.3) is 0 Å². The molecule has 2 fully saturated rings. The quantitative estimate of drug-likeness (QED) is 0.408. The van der Waals surface area contributed by atoms with Crippen molar-refractivity contribution < 1.29 is 43.7 Å². The van der Waals surface area contributed by atoms with Crippen molar-refractivity contribution in [3.63, 3.8) is 0 Å². The number of carbonyl (C=O) groups is 6. The van der Waals surface area contributed by atoms with E-state index >= 15 is 0 Å². The number of carboxylic acid groups (broad SMARTS) is 2. The number of aliphatic carboxylic acids is 2.